The van der Waals surface area contributed by atoms with Crippen molar-refractivity contribution < 1.29 is 9.53 Å². The lowest BCUT2D eigenvalue weighted by atomic mass is 10.1. The van der Waals surface area contributed by atoms with E-state index in [0.717, 1.165) is 33.4 Å². The van der Waals surface area contributed by atoms with Gasteiger partial charge in [0.2, 0.25) is 0 Å². The molecule has 2 aromatic heterocycles. The Morgan fingerprint density at radius 2 is 1.52 bits per heavy atom. The Kier molecular flexibility index (Phi) is 6.81. The molecule has 0 aliphatic carbocycles. The summed E-state index contributed by atoms with van der Waals surface area (Å²) in [5.74, 6) is 2.23. The van der Waals surface area contributed by atoms with Crippen LogP contribution < -0.4 is 20.6 Å². The van der Waals surface area contributed by atoms with Gasteiger partial charge < -0.3 is 19.9 Å². The quantitative estimate of drug-likeness (QED) is 0.330. The highest BCUT2D eigenvalue weighted by molar-refractivity contribution is 6.00. The van der Waals surface area contributed by atoms with Crippen molar-refractivity contribution in [2.45, 2.75) is 26.9 Å². The maximum absolute atomic E-state index is 13.0. The molecular formula is C30H31N7O3. The second kappa shape index (κ2) is 10.7. The van der Waals surface area contributed by atoms with Gasteiger partial charge in [-0.25, -0.2) is 9.59 Å². The maximum Gasteiger partial charge on any atom is 0.329 e. The SMILES string of the molecule is CCn1c(=O)n(CC)c2cc3c(N4CCN(C(=O)Nc5ccc(Oc6ccccc6)cc5)CC4)nncc3cc21. The number of hydrogen-bond donors (Lipinski definition) is 1. The highest BCUT2D eigenvalue weighted by atomic mass is 16.5. The number of aromatic nitrogens is 4. The number of fused-ring (bicyclic) bond motifs is 2. The molecule has 10 nitrogen and oxygen atoms in total. The third kappa shape index (κ3) is 4.72. The highest BCUT2D eigenvalue weighted by Crippen LogP contribution is 2.29. The van der Waals surface area contributed by atoms with Gasteiger partial charge in [0, 0.05) is 55.7 Å². The van der Waals surface area contributed by atoms with Gasteiger partial charge in [-0.1, -0.05) is 18.2 Å². The minimum Gasteiger partial charge on any atom is -0.457 e. The Morgan fingerprint density at radius 3 is 2.20 bits per heavy atom. The smallest absolute Gasteiger partial charge is 0.329 e. The predicted octanol–water partition coefficient (Wildman–Crippen LogP) is 4.93. The topological polar surface area (TPSA) is 97.5 Å². The van der Waals surface area contributed by atoms with Crippen LogP contribution in [-0.4, -0.2) is 56.4 Å². The molecule has 0 spiro atoms. The van der Waals surface area contributed by atoms with E-state index >= 15 is 0 Å². The minimum atomic E-state index is -0.144. The summed E-state index contributed by atoms with van der Waals surface area (Å²) in [6.07, 6.45) is 1.74. The molecule has 6 rings (SSSR count). The van der Waals surface area contributed by atoms with E-state index in [4.69, 9.17) is 4.74 Å². The summed E-state index contributed by atoms with van der Waals surface area (Å²) >= 11 is 0. The Labute approximate surface area is 231 Å². The number of amides is 2. The molecule has 10 heteroatoms. The maximum atomic E-state index is 13.0. The number of nitrogens with one attached hydrogen (secondary N) is 1. The number of hydrogen-bond acceptors (Lipinski definition) is 6. The largest absolute Gasteiger partial charge is 0.457 e. The van der Waals surface area contributed by atoms with Gasteiger partial charge in [-0.2, -0.15) is 5.10 Å². The van der Waals surface area contributed by atoms with Crippen molar-refractivity contribution in [3.05, 3.63) is 83.4 Å². The van der Waals surface area contributed by atoms with E-state index in [1.54, 1.807) is 20.2 Å². The number of carbonyl (C=O) groups is 1. The van der Waals surface area contributed by atoms with Crippen LogP contribution in [-0.2, 0) is 13.1 Å². The first-order chi connectivity index (χ1) is 19.6. The van der Waals surface area contributed by atoms with Crippen LogP contribution in [0.5, 0.6) is 11.5 Å². The molecule has 204 valence electrons. The number of ether oxygens (including phenoxy) is 1. The summed E-state index contributed by atoms with van der Waals surface area (Å²) < 4.78 is 9.42. The molecule has 1 saturated heterocycles. The first kappa shape index (κ1) is 25.4. The highest BCUT2D eigenvalue weighted by Gasteiger charge is 2.24. The number of aryl methyl sites for hydroxylation is 2. The number of nitrogens with zero attached hydrogens (tertiary/aromatic N) is 6. The van der Waals surface area contributed by atoms with Crippen LogP contribution in [0.25, 0.3) is 21.8 Å². The van der Waals surface area contributed by atoms with Crippen molar-refractivity contribution in [2.24, 2.45) is 0 Å². The zero-order valence-electron chi connectivity index (χ0n) is 22.6. The Hall–Kier alpha value is -4.86. The molecule has 0 unspecified atom stereocenters. The average Bonchev–Trinajstić information content (AvgIpc) is 3.26. The van der Waals surface area contributed by atoms with Gasteiger partial charge >= 0.3 is 11.7 Å². The van der Waals surface area contributed by atoms with Crippen LogP contribution in [0.3, 0.4) is 0 Å². The van der Waals surface area contributed by atoms with Crippen LogP contribution in [0.1, 0.15) is 13.8 Å². The van der Waals surface area contributed by atoms with E-state index in [1.165, 1.54) is 0 Å². The van der Waals surface area contributed by atoms with Crippen LogP contribution in [0.4, 0.5) is 16.3 Å². The lowest BCUT2D eigenvalue weighted by Gasteiger charge is -2.35. The predicted molar refractivity (Wildman–Crippen MR) is 156 cm³/mol. The fourth-order valence-electron chi connectivity index (χ4n) is 5.28. The van der Waals surface area contributed by atoms with Crippen molar-refractivity contribution in [1.29, 1.82) is 0 Å². The molecule has 40 heavy (non-hydrogen) atoms. The molecule has 2 amide bonds. The number of benzene rings is 3. The van der Waals surface area contributed by atoms with Crippen molar-refractivity contribution in [3.63, 3.8) is 0 Å². The van der Waals surface area contributed by atoms with E-state index < -0.39 is 0 Å². The lowest BCUT2D eigenvalue weighted by Crippen LogP contribution is -2.50. The number of piperazine rings is 1. The van der Waals surface area contributed by atoms with E-state index in [9.17, 15) is 9.59 Å². The van der Waals surface area contributed by atoms with Gasteiger partial charge in [-0.15, -0.1) is 5.10 Å². The van der Waals surface area contributed by atoms with Crippen molar-refractivity contribution in [3.8, 4) is 11.5 Å². The van der Waals surface area contributed by atoms with E-state index in [0.29, 0.717) is 50.7 Å². The van der Waals surface area contributed by atoms with Crippen LogP contribution in [0.2, 0.25) is 0 Å². The second-order valence-electron chi connectivity index (χ2n) is 9.71. The molecule has 0 saturated carbocycles. The van der Waals surface area contributed by atoms with Gasteiger partial charge in [0.25, 0.3) is 0 Å². The second-order valence-corrected chi connectivity index (χ2v) is 9.71. The van der Waals surface area contributed by atoms with Crippen LogP contribution in [0.15, 0.2) is 77.7 Å². The average molecular weight is 538 g/mol. The zero-order valence-corrected chi connectivity index (χ0v) is 22.6. The molecule has 3 aromatic carbocycles. The summed E-state index contributed by atoms with van der Waals surface area (Å²) in [7, 11) is 0. The van der Waals surface area contributed by atoms with Crippen molar-refractivity contribution >= 4 is 39.3 Å². The standard InChI is InChI=1S/C30H31N7O3/c1-3-36-26-18-21-20-31-33-28(25(21)19-27(26)37(4-2)30(36)39)34-14-16-35(17-15-34)29(38)32-22-10-12-24(13-11-22)40-23-8-6-5-7-9-23/h5-13,18-20H,3-4,14-17H2,1-2H3,(H,32,38). The Morgan fingerprint density at radius 1 is 0.875 bits per heavy atom. The molecule has 1 fully saturated rings. The minimum absolute atomic E-state index is 0.00392. The normalized spacial score (nSPS) is 13.7. The molecule has 0 radical (unpaired) electrons. The molecule has 0 atom stereocenters. The van der Waals surface area contributed by atoms with E-state index in [1.807, 2.05) is 74.5 Å². The number of carbonyl (C=O) groups excluding carboxylic acids is 1. The van der Waals surface area contributed by atoms with Gasteiger partial charge in [0.05, 0.1) is 17.2 Å². The van der Waals surface area contributed by atoms with E-state index in [-0.39, 0.29) is 11.7 Å². The number of rotatable bonds is 6. The monoisotopic (exact) mass is 537 g/mol. The molecule has 1 aliphatic rings. The molecule has 1 aliphatic heterocycles. The molecule has 1 N–H and O–H groups in total. The first-order valence-corrected chi connectivity index (χ1v) is 13.6. The molecule has 5 aromatic rings. The summed E-state index contributed by atoms with van der Waals surface area (Å²) in [6, 6.07) is 20.8. The third-order valence-corrected chi connectivity index (χ3v) is 7.36. The summed E-state index contributed by atoms with van der Waals surface area (Å²) in [5, 5.41) is 13.6. The summed E-state index contributed by atoms with van der Waals surface area (Å²) in [6.45, 7) is 7.51. The molecule has 0 bridgehead atoms. The van der Waals surface area contributed by atoms with Crippen molar-refractivity contribution in [1.82, 2.24) is 24.2 Å². The van der Waals surface area contributed by atoms with Crippen LogP contribution >= 0.6 is 0 Å². The van der Waals surface area contributed by atoms with Gasteiger partial charge in [0.1, 0.15) is 11.5 Å². The third-order valence-electron chi connectivity index (χ3n) is 7.36. The van der Waals surface area contributed by atoms with Gasteiger partial charge in [-0.05, 0) is 62.4 Å². The number of anilines is 2. The molecular weight excluding hydrogens is 506 g/mol. The number of imidazole rings is 1. The number of para-hydroxylation sites is 1. The van der Waals surface area contributed by atoms with Crippen LogP contribution in [0, 0.1) is 0 Å². The van der Waals surface area contributed by atoms with Gasteiger partial charge in [0.15, 0.2) is 5.82 Å². The fourth-order valence-corrected chi connectivity index (χ4v) is 5.28. The lowest BCUT2D eigenvalue weighted by molar-refractivity contribution is 0.208. The Bertz CT molecular complexity index is 1720. The first-order valence-electron chi connectivity index (χ1n) is 13.6. The van der Waals surface area contributed by atoms with Crippen molar-refractivity contribution in [2.75, 3.05) is 36.4 Å². The van der Waals surface area contributed by atoms with Gasteiger partial charge in [-0.3, -0.25) is 9.13 Å². The summed E-state index contributed by atoms with van der Waals surface area (Å²) in [4.78, 5) is 29.8. The number of urea groups is 1. The summed E-state index contributed by atoms with van der Waals surface area (Å²) in [5.41, 5.74) is 2.50. The Balaban J connectivity index is 1.14. The molecule has 3 heterocycles. The zero-order chi connectivity index (χ0) is 27.6. The van der Waals surface area contributed by atoms with E-state index in [2.05, 4.69) is 26.5 Å². The fraction of sp³-hybridized carbons (Fsp3) is 0.267.